The van der Waals surface area contributed by atoms with Crippen LogP contribution in [0.5, 0.6) is 0 Å². The van der Waals surface area contributed by atoms with Crippen LogP contribution in [0.15, 0.2) is 30.5 Å². The molecule has 0 saturated carbocycles. The number of rotatable bonds is 5. The molecule has 1 heterocycles. The fraction of sp³-hybridized carbons (Fsp3) is 0.267. The fourth-order valence-corrected chi connectivity index (χ4v) is 2.79. The first-order valence-corrected chi connectivity index (χ1v) is 8.29. The molecule has 0 saturated heterocycles. The number of alkyl halides is 5. The molecule has 0 radical (unpaired) electrons. The molecule has 9 heteroatoms. The molecule has 1 aromatic carbocycles. The summed E-state index contributed by atoms with van der Waals surface area (Å²) in [7, 11) is 0. The Morgan fingerprint density at radius 2 is 1.92 bits per heavy atom. The first-order chi connectivity index (χ1) is 11.2. The van der Waals surface area contributed by atoms with Crippen LogP contribution in [-0.4, -0.2) is 10.5 Å². The zero-order valence-electron chi connectivity index (χ0n) is 11.9. The van der Waals surface area contributed by atoms with E-state index in [1.807, 2.05) is 0 Å². The van der Waals surface area contributed by atoms with E-state index in [2.05, 4.69) is 20.9 Å². The molecule has 1 N–H and O–H groups in total. The van der Waals surface area contributed by atoms with Crippen molar-refractivity contribution < 1.29 is 17.9 Å². The summed E-state index contributed by atoms with van der Waals surface area (Å²) < 4.78 is 44.1. The van der Waals surface area contributed by atoms with Gasteiger partial charge in [0.2, 0.25) is 0 Å². The summed E-state index contributed by atoms with van der Waals surface area (Å²) in [4.78, 5) is 1.60. The van der Waals surface area contributed by atoms with Crippen molar-refractivity contribution >= 4 is 39.1 Å². The molecule has 2 aromatic rings. The molecule has 0 spiro atoms. The maximum absolute atomic E-state index is 12.9. The van der Waals surface area contributed by atoms with Gasteiger partial charge in [-0.15, -0.1) is 0 Å². The van der Waals surface area contributed by atoms with Crippen LogP contribution in [0, 0.1) is 11.3 Å². The SMILES string of the molecule is N#Cc1c[nH]c(C(F)(F)F)c1COC(Cl)C(Br)c1ccc(Cl)cc1. The summed E-state index contributed by atoms with van der Waals surface area (Å²) in [6.07, 6.45) is -3.62. The molecule has 2 atom stereocenters. The smallest absolute Gasteiger partial charge is 0.356 e. The summed E-state index contributed by atoms with van der Waals surface area (Å²) in [6, 6.07) is 8.47. The van der Waals surface area contributed by atoms with E-state index < -0.39 is 28.9 Å². The van der Waals surface area contributed by atoms with Gasteiger partial charge in [0.25, 0.3) is 0 Å². The van der Waals surface area contributed by atoms with Crippen LogP contribution in [-0.2, 0) is 17.5 Å². The topological polar surface area (TPSA) is 48.8 Å². The zero-order chi connectivity index (χ0) is 17.9. The van der Waals surface area contributed by atoms with E-state index in [0.29, 0.717) is 5.02 Å². The molecule has 0 bridgehead atoms. The third-order valence-corrected chi connectivity index (χ3v) is 5.14. The number of hydrogen-bond donors (Lipinski definition) is 1. The predicted octanol–water partition coefficient (Wildman–Crippen LogP) is 5.78. The highest BCUT2D eigenvalue weighted by Crippen LogP contribution is 2.35. The van der Waals surface area contributed by atoms with Crippen molar-refractivity contribution in [1.29, 1.82) is 5.26 Å². The molecule has 0 aliphatic rings. The van der Waals surface area contributed by atoms with Gasteiger partial charge in [0.05, 0.1) is 17.0 Å². The van der Waals surface area contributed by atoms with Gasteiger partial charge in [-0.05, 0) is 17.7 Å². The summed E-state index contributed by atoms with van der Waals surface area (Å²) >= 11 is 15.2. The number of benzene rings is 1. The van der Waals surface area contributed by atoms with Crippen molar-refractivity contribution in [1.82, 2.24) is 4.98 Å². The predicted molar refractivity (Wildman–Crippen MR) is 88.1 cm³/mol. The number of aromatic nitrogens is 1. The van der Waals surface area contributed by atoms with Crippen LogP contribution in [0.1, 0.15) is 27.2 Å². The zero-order valence-corrected chi connectivity index (χ0v) is 15.0. The largest absolute Gasteiger partial charge is 0.431 e. The van der Waals surface area contributed by atoms with Crippen molar-refractivity contribution in [2.24, 2.45) is 0 Å². The highest BCUT2D eigenvalue weighted by atomic mass is 79.9. The van der Waals surface area contributed by atoms with Crippen LogP contribution in [0.4, 0.5) is 13.2 Å². The summed E-state index contributed by atoms with van der Waals surface area (Å²) in [5.74, 6) is 0. The van der Waals surface area contributed by atoms with Crippen LogP contribution in [0.25, 0.3) is 0 Å². The Hall–Kier alpha value is -1.20. The van der Waals surface area contributed by atoms with E-state index in [1.165, 1.54) is 0 Å². The molecular weight excluding hydrogens is 432 g/mol. The second-order valence-electron chi connectivity index (χ2n) is 4.78. The van der Waals surface area contributed by atoms with Gasteiger partial charge in [0.15, 0.2) is 0 Å². The van der Waals surface area contributed by atoms with Gasteiger partial charge < -0.3 is 9.72 Å². The average Bonchev–Trinajstić information content (AvgIpc) is 2.95. The molecule has 128 valence electrons. The minimum absolute atomic E-state index is 0.135. The highest BCUT2D eigenvalue weighted by Gasteiger charge is 2.36. The average molecular weight is 442 g/mol. The second-order valence-corrected chi connectivity index (χ2v) is 6.63. The van der Waals surface area contributed by atoms with Gasteiger partial charge in [-0.1, -0.05) is 51.3 Å². The van der Waals surface area contributed by atoms with E-state index in [1.54, 1.807) is 30.3 Å². The lowest BCUT2D eigenvalue weighted by molar-refractivity contribution is -0.142. The maximum Gasteiger partial charge on any atom is 0.431 e. The number of nitrogens with zero attached hydrogens (tertiary/aromatic N) is 1. The normalized spacial score (nSPS) is 14.2. The number of nitrogens with one attached hydrogen (secondary N) is 1. The van der Waals surface area contributed by atoms with E-state index >= 15 is 0 Å². The standard InChI is InChI=1S/C15H10BrCl2F3N2O/c16-12(8-1-3-10(17)4-2-8)14(18)24-7-11-9(5-22)6-23-13(11)15(19,20)21/h1-4,6,12,14,23H,7H2. The molecule has 1 aromatic heterocycles. The van der Waals surface area contributed by atoms with Crippen LogP contribution < -0.4 is 0 Å². The number of nitriles is 1. The third-order valence-electron chi connectivity index (χ3n) is 3.20. The van der Waals surface area contributed by atoms with Gasteiger partial charge in [0, 0.05) is 16.8 Å². The highest BCUT2D eigenvalue weighted by molar-refractivity contribution is 9.09. The number of ether oxygens (including phenoxy) is 1. The molecule has 24 heavy (non-hydrogen) atoms. The summed E-state index contributed by atoms with van der Waals surface area (Å²) in [5, 5.41) is 9.48. The third kappa shape index (κ3) is 4.45. The molecule has 2 rings (SSSR count). The van der Waals surface area contributed by atoms with Crippen molar-refractivity contribution in [2.75, 3.05) is 0 Å². The number of aromatic amines is 1. The van der Waals surface area contributed by atoms with E-state index in [-0.39, 0.29) is 11.1 Å². The maximum atomic E-state index is 12.9. The minimum atomic E-state index is -4.61. The lowest BCUT2D eigenvalue weighted by atomic mass is 10.1. The second kappa shape index (κ2) is 7.79. The van der Waals surface area contributed by atoms with Gasteiger partial charge in [0.1, 0.15) is 17.3 Å². The van der Waals surface area contributed by atoms with Crippen molar-refractivity contribution in [3.05, 3.63) is 57.9 Å². The molecule has 2 unspecified atom stereocenters. The van der Waals surface area contributed by atoms with Crippen molar-refractivity contribution in [2.45, 2.75) is 23.2 Å². The van der Waals surface area contributed by atoms with E-state index in [0.717, 1.165) is 11.8 Å². The molecule has 0 fully saturated rings. The Bertz CT molecular complexity index is 741. The Morgan fingerprint density at radius 1 is 1.29 bits per heavy atom. The molecule has 0 aliphatic carbocycles. The Kier molecular flexibility index (Phi) is 6.21. The van der Waals surface area contributed by atoms with Crippen molar-refractivity contribution in [3.63, 3.8) is 0 Å². The first kappa shape index (κ1) is 19.1. The molecular formula is C15H10BrCl2F3N2O. The number of H-pyrrole nitrogens is 1. The van der Waals surface area contributed by atoms with Gasteiger partial charge in [-0.3, -0.25) is 0 Å². The van der Waals surface area contributed by atoms with Gasteiger partial charge >= 0.3 is 6.18 Å². The lowest BCUT2D eigenvalue weighted by Crippen LogP contribution is -2.15. The van der Waals surface area contributed by atoms with E-state index in [4.69, 9.17) is 33.2 Å². The lowest BCUT2D eigenvalue weighted by Gasteiger charge is -2.18. The monoisotopic (exact) mass is 440 g/mol. The minimum Gasteiger partial charge on any atom is -0.356 e. The number of hydrogen-bond acceptors (Lipinski definition) is 2. The van der Waals surface area contributed by atoms with Crippen LogP contribution in [0.2, 0.25) is 5.02 Å². The quantitative estimate of drug-likeness (QED) is 0.598. The first-order valence-electron chi connectivity index (χ1n) is 6.56. The molecule has 0 amide bonds. The Morgan fingerprint density at radius 3 is 2.46 bits per heavy atom. The van der Waals surface area contributed by atoms with Crippen molar-refractivity contribution in [3.8, 4) is 6.07 Å². The Balaban J connectivity index is 2.12. The Labute approximate surface area is 154 Å². The fourth-order valence-electron chi connectivity index (χ4n) is 2.00. The van der Waals surface area contributed by atoms with Crippen LogP contribution >= 0.6 is 39.1 Å². The van der Waals surface area contributed by atoms with E-state index in [9.17, 15) is 13.2 Å². The number of halogens is 6. The van der Waals surface area contributed by atoms with Crippen LogP contribution in [0.3, 0.4) is 0 Å². The van der Waals surface area contributed by atoms with Gasteiger partial charge in [-0.25, -0.2) is 0 Å². The van der Waals surface area contributed by atoms with Gasteiger partial charge in [-0.2, -0.15) is 18.4 Å². The molecule has 0 aliphatic heterocycles. The summed E-state index contributed by atoms with van der Waals surface area (Å²) in [5.41, 5.74) is -1.62. The summed E-state index contributed by atoms with van der Waals surface area (Å²) in [6.45, 7) is -0.453. The molecule has 3 nitrogen and oxygen atoms in total.